The first kappa shape index (κ1) is 17.6. The van der Waals surface area contributed by atoms with Gasteiger partial charge in [-0.15, -0.1) is 0 Å². The normalized spacial score (nSPS) is 40.8. The summed E-state index contributed by atoms with van der Waals surface area (Å²) in [6.07, 6.45) is 2.12. The number of ether oxygens (including phenoxy) is 6. The Kier molecular flexibility index (Phi) is 5.03. The average molecular weight is 330 g/mol. The minimum atomic E-state index is -0.674. The maximum Gasteiger partial charge on any atom is 0.190 e. The Labute approximate surface area is 138 Å². The van der Waals surface area contributed by atoms with Crippen LogP contribution in [0.2, 0.25) is 0 Å². The highest BCUT2D eigenvalue weighted by atomic mass is 16.9. The van der Waals surface area contributed by atoms with Crippen LogP contribution in [0.4, 0.5) is 0 Å². The predicted octanol–water partition coefficient (Wildman–Crippen LogP) is 2.59. The lowest BCUT2D eigenvalue weighted by molar-refractivity contribution is -0.243. The first-order chi connectivity index (χ1) is 10.8. The second kappa shape index (κ2) is 6.58. The van der Waals surface area contributed by atoms with E-state index in [4.69, 9.17) is 28.4 Å². The molecule has 0 aromatic heterocycles. The zero-order chi connectivity index (χ0) is 16.7. The first-order valence-corrected chi connectivity index (χ1v) is 8.76. The van der Waals surface area contributed by atoms with Crippen LogP contribution < -0.4 is 0 Å². The summed E-state index contributed by atoms with van der Waals surface area (Å²) in [7, 11) is 0. The van der Waals surface area contributed by atoms with Gasteiger partial charge in [0.25, 0.3) is 0 Å². The fourth-order valence-corrected chi connectivity index (χ4v) is 3.48. The van der Waals surface area contributed by atoms with Crippen LogP contribution in [0.3, 0.4) is 0 Å². The molecule has 5 atom stereocenters. The van der Waals surface area contributed by atoms with E-state index in [0.29, 0.717) is 6.61 Å². The van der Waals surface area contributed by atoms with Crippen molar-refractivity contribution in [3.05, 3.63) is 0 Å². The van der Waals surface area contributed by atoms with Crippen molar-refractivity contribution in [2.45, 2.75) is 96.2 Å². The minimum Gasteiger partial charge on any atom is -0.379 e. The van der Waals surface area contributed by atoms with E-state index in [0.717, 1.165) is 13.0 Å². The molecule has 3 heterocycles. The number of rotatable bonds is 6. The number of hydrogen-bond donors (Lipinski definition) is 0. The molecule has 3 fully saturated rings. The van der Waals surface area contributed by atoms with Crippen molar-refractivity contribution < 1.29 is 28.4 Å². The smallest absolute Gasteiger partial charge is 0.190 e. The molecule has 0 spiro atoms. The van der Waals surface area contributed by atoms with Crippen molar-refractivity contribution in [1.82, 2.24) is 0 Å². The molecule has 0 aliphatic carbocycles. The molecule has 3 aliphatic rings. The van der Waals surface area contributed by atoms with Crippen molar-refractivity contribution in [3.63, 3.8) is 0 Å². The lowest BCUT2D eigenvalue weighted by Crippen LogP contribution is -2.56. The number of hydrogen-bond acceptors (Lipinski definition) is 6. The third kappa shape index (κ3) is 3.89. The van der Waals surface area contributed by atoms with E-state index in [1.807, 2.05) is 27.7 Å². The predicted molar refractivity (Wildman–Crippen MR) is 82.9 cm³/mol. The van der Waals surface area contributed by atoms with Gasteiger partial charge in [-0.2, -0.15) is 0 Å². The molecule has 3 rings (SSSR count). The van der Waals surface area contributed by atoms with E-state index in [9.17, 15) is 0 Å². The lowest BCUT2D eigenvalue weighted by Gasteiger charge is -2.37. The van der Waals surface area contributed by atoms with Crippen molar-refractivity contribution in [1.29, 1.82) is 0 Å². The van der Waals surface area contributed by atoms with E-state index in [1.54, 1.807) is 0 Å². The molecule has 134 valence electrons. The molecule has 0 N–H and O–H groups in total. The second-order valence-electron chi connectivity index (χ2n) is 7.49. The summed E-state index contributed by atoms with van der Waals surface area (Å²) < 4.78 is 35.8. The monoisotopic (exact) mass is 330 g/mol. The molecule has 6 nitrogen and oxygen atoms in total. The summed E-state index contributed by atoms with van der Waals surface area (Å²) in [4.78, 5) is 0. The van der Waals surface area contributed by atoms with Crippen molar-refractivity contribution in [3.8, 4) is 0 Å². The van der Waals surface area contributed by atoms with Crippen LogP contribution in [0.25, 0.3) is 0 Å². The quantitative estimate of drug-likeness (QED) is 0.698. The highest BCUT2D eigenvalue weighted by molar-refractivity contribution is 5.00. The van der Waals surface area contributed by atoms with Crippen molar-refractivity contribution >= 4 is 0 Å². The summed E-state index contributed by atoms with van der Waals surface area (Å²) in [6, 6.07) is 0. The van der Waals surface area contributed by atoms with Crippen LogP contribution >= 0.6 is 0 Å². The fraction of sp³-hybridized carbons (Fsp3) is 1.00. The summed E-state index contributed by atoms with van der Waals surface area (Å²) in [5.41, 5.74) is 0. The standard InChI is InChI=1S/C17H30O6/c1-6-7-8-9-18-10-11-12-13(21-16(2,3)20-12)14-15(19-11)23-17(4,5)22-14/h11-15H,6-10H2,1-5H3/t11-,12-,13+,14+,15+/m0/s1. The Bertz CT molecular complexity index is 410. The first-order valence-electron chi connectivity index (χ1n) is 8.76. The van der Waals surface area contributed by atoms with E-state index in [1.165, 1.54) is 12.8 Å². The number of fused-ring (bicyclic) bond motifs is 3. The maximum absolute atomic E-state index is 6.08. The van der Waals surface area contributed by atoms with Crippen molar-refractivity contribution in [2.75, 3.05) is 13.2 Å². The van der Waals surface area contributed by atoms with Gasteiger partial charge in [0.05, 0.1) is 6.61 Å². The Morgan fingerprint density at radius 1 is 0.826 bits per heavy atom. The highest BCUT2D eigenvalue weighted by Gasteiger charge is 2.60. The largest absolute Gasteiger partial charge is 0.379 e. The van der Waals surface area contributed by atoms with Gasteiger partial charge >= 0.3 is 0 Å². The fourth-order valence-electron chi connectivity index (χ4n) is 3.48. The molecule has 23 heavy (non-hydrogen) atoms. The average Bonchev–Trinajstić information content (AvgIpc) is 2.93. The summed E-state index contributed by atoms with van der Waals surface area (Å²) >= 11 is 0. The van der Waals surface area contributed by atoms with E-state index in [-0.39, 0.29) is 24.4 Å². The van der Waals surface area contributed by atoms with Crippen LogP contribution in [0.5, 0.6) is 0 Å². The van der Waals surface area contributed by atoms with Crippen LogP contribution in [0.1, 0.15) is 53.9 Å². The van der Waals surface area contributed by atoms with Gasteiger partial charge in [-0.05, 0) is 34.1 Å². The molecule has 0 unspecified atom stereocenters. The topological polar surface area (TPSA) is 55.4 Å². The van der Waals surface area contributed by atoms with Gasteiger partial charge in [0, 0.05) is 6.61 Å². The van der Waals surface area contributed by atoms with Crippen LogP contribution in [0.15, 0.2) is 0 Å². The summed E-state index contributed by atoms with van der Waals surface area (Å²) in [6.45, 7) is 11.0. The van der Waals surface area contributed by atoms with E-state index in [2.05, 4.69) is 6.92 Å². The molecule has 0 saturated carbocycles. The molecule has 0 aromatic carbocycles. The Balaban J connectivity index is 1.64. The van der Waals surface area contributed by atoms with Crippen molar-refractivity contribution in [2.24, 2.45) is 0 Å². The van der Waals surface area contributed by atoms with Crippen LogP contribution in [0, 0.1) is 0 Å². The van der Waals surface area contributed by atoms with Gasteiger partial charge in [-0.25, -0.2) is 0 Å². The summed E-state index contributed by atoms with van der Waals surface area (Å²) in [5.74, 6) is -1.32. The molecule has 0 aromatic rings. The summed E-state index contributed by atoms with van der Waals surface area (Å²) in [5, 5.41) is 0. The number of unbranched alkanes of at least 4 members (excludes halogenated alkanes) is 2. The van der Waals surface area contributed by atoms with Gasteiger partial charge in [-0.1, -0.05) is 19.8 Å². The SMILES string of the molecule is CCCCCOC[C@@H]1O[C@@H]2OC(C)(C)O[C@@H]2[C@@H]2OC(C)(C)O[C@H]21. The Hall–Kier alpha value is -0.240. The van der Waals surface area contributed by atoms with Crippen LogP contribution in [-0.4, -0.2) is 55.5 Å². The van der Waals surface area contributed by atoms with E-state index < -0.39 is 17.9 Å². The van der Waals surface area contributed by atoms with Gasteiger partial charge < -0.3 is 28.4 Å². The maximum atomic E-state index is 6.08. The lowest BCUT2D eigenvalue weighted by atomic mass is 9.99. The highest BCUT2D eigenvalue weighted by Crippen LogP contribution is 2.44. The molecular weight excluding hydrogens is 300 g/mol. The van der Waals surface area contributed by atoms with Gasteiger partial charge in [0.1, 0.15) is 24.4 Å². The van der Waals surface area contributed by atoms with Gasteiger partial charge in [0.15, 0.2) is 17.9 Å². The molecule has 0 amide bonds. The molecular formula is C17H30O6. The van der Waals surface area contributed by atoms with Gasteiger partial charge in [0.2, 0.25) is 0 Å². The third-order valence-electron chi connectivity index (χ3n) is 4.43. The Morgan fingerprint density at radius 3 is 2.22 bits per heavy atom. The second-order valence-corrected chi connectivity index (χ2v) is 7.49. The Morgan fingerprint density at radius 2 is 1.48 bits per heavy atom. The minimum absolute atomic E-state index is 0.199. The molecule has 0 bridgehead atoms. The van der Waals surface area contributed by atoms with Gasteiger partial charge in [-0.3, -0.25) is 0 Å². The van der Waals surface area contributed by atoms with E-state index >= 15 is 0 Å². The molecule has 6 heteroatoms. The zero-order valence-electron chi connectivity index (χ0n) is 14.9. The van der Waals surface area contributed by atoms with Crippen LogP contribution in [-0.2, 0) is 28.4 Å². The molecule has 3 aliphatic heterocycles. The molecule has 3 saturated heterocycles. The third-order valence-corrected chi connectivity index (χ3v) is 4.43. The molecule has 0 radical (unpaired) electrons. The zero-order valence-corrected chi connectivity index (χ0v) is 14.9.